The van der Waals surface area contributed by atoms with Crippen molar-refractivity contribution < 1.29 is 37.3 Å². The normalized spacial score (nSPS) is 14.7. The van der Waals surface area contributed by atoms with Crippen LogP contribution in [0.25, 0.3) is 0 Å². The summed E-state index contributed by atoms with van der Waals surface area (Å²) in [6, 6.07) is -0.938. The molecule has 0 aromatic heterocycles. The molecule has 0 bridgehead atoms. The maximum atomic E-state index is 13.5. The van der Waals surface area contributed by atoms with Gasteiger partial charge in [-0.25, -0.2) is 0 Å². The number of ether oxygens (including phenoxy) is 1. The number of hydrogen-bond donors (Lipinski definition) is 1. The van der Waals surface area contributed by atoms with Crippen molar-refractivity contribution in [2.75, 3.05) is 40.9 Å². The first-order valence-electron chi connectivity index (χ1n) is 28.8. The van der Waals surface area contributed by atoms with Crippen LogP contribution in [0.1, 0.15) is 213 Å². The molecule has 0 heterocycles. The van der Waals surface area contributed by atoms with Gasteiger partial charge in [0.25, 0.3) is 7.82 Å². The first-order chi connectivity index (χ1) is 35.4. The predicted molar refractivity (Wildman–Crippen MR) is 311 cm³/mol. The van der Waals surface area contributed by atoms with Gasteiger partial charge in [-0.3, -0.25) is 14.2 Å². The van der Waals surface area contributed by atoms with Crippen LogP contribution in [0.3, 0.4) is 0 Å². The Morgan fingerprint density at radius 2 is 0.890 bits per heavy atom. The van der Waals surface area contributed by atoms with Gasteiger partial charge in [0.15, 0.2) is 0 Å². The average molecular weight is 1040 g/mol. The van der Waals surface area contributed by atoms with Gasteiger partial charge in [-0.1, -0.05) is 213 Å². The van der Waals surface area contributed by atoms with E-state index in [1.165, 1.54) is 70.6 Å². The van der Waals surface area contributed by atoms with Gasteiger partial charge in [-0.15, -0.1) is 0 Å². The Labute approximate surface area is 448 Å². The van der Waals surface area contributed by atoms with Crippen LogP contribution < -0.4 is 10.2 Å². The molecule has 1 N–H and O–H groups in total. The number of carbonyl (C=O) groups excluding carboxylic acids is 2. The van der Waals surface area contributed by atoms with Crippen LogP contribution in [0.15, 0.2) is 122 Å². The molecule has 9 nitrogen and oxygen atoms in total. The minimum atomic E-state index is -4.72. The number of allylic oxidation sites excluding steroid dienone is 19. The molecule has 0 aromatic rings. The molecule has 0 fully saturated rings. The third-order valence-corrected chi connectivity index (χ3v) is 12.9. The van der Waals surface area contributed by atoms with Crippen molar-refractivity contribution in [3.63, 3.8) is 0 Å². The SMILES string of the molecule is CC/C=C\C/C=C\C/C=C\C/C=C\C/C=C\C/C=C\CCC(=O)OC(/C=C/CCCCCCCCCCC)C(COP(=O)([O-])OCC[N+](C)(C)C)NC(=O)CCCCCC/C=C\C/C=C\C/C=C\CCCCC. The number of rotatable bonds is 50. The predicted octanol–water partition coefficient (Wildman–Crippen LogP) is 16.9. The van der Waals surface area contributed by atoms with Gasteiger partial charge in [0.1, 0.15) is 19.3 Å². The number of hydrogen-bond acceptors (Lipinski definition) is 7. The fraction of sp³-hybridized carbons (Fsp3) is 0.651. The van der Waals surface area contributed by atoms with E-state index in [0.29, 0.717) is 23.9 Å². The molecule has 10 heteroatoms. The van der Waals surface area contributed by atoms with Crippen LogP contribution in [0.2, 0.25) is 0 Å². The van der Waals surface area contributed by atoms with Gasteiger partial charge >= 0.3 is 5.97 Å². The number of likely N-dealkylation sites (N-methyl/N-ethyl adjacent to an activating group) is 1. The highest BCUT2D eigenvalue weighted by atomic mass is 31.2. The molecule has 0 rings (SSSR count). The average Bonchev–Trinajstić information content (AvgIpc) is 3.35. The maximum absolute atomic E-state index is 13.5. The third kappa shape index (κ3) is 53.1. The first-order valence-corrected chi connectivity index (χ1v) is 30.3. The summed E-state index contributed by atoms with van der Waals surface area (Å²) in [5.74, 6) is -0.675. The maximum Gasteiger partial charge on any atom is 0.306 e. The Balaban J connectivity index is 5.48. The van der Waals surface area contributed by atoms with Crippen LogP contribution in [0, 0.1) is 0 Å². The minimum absolute atomic E-state index is 0.0447. The van der Waals surface area contributed by atoms with Gasteiger partial charge in [0, 0.05) is 12.8 Å². The van der Waals surface area contributed by atoms with E-state index in [-0.39, 0.29) is 25.4 Å². The van der Waals surface area contributed by atoms with E-state index in [0.717, 1.165) is 96.3 Å². The molecule has 1 amide bonds. The molecule has 0 aromatic carbocycles. The lowest BCUT2D eigenvalue weighted by Gasteiger charge is -2.30. The lowest BCUT2D eigenvalue weighted by molar-refractivity contribution is -0.870. The molecular weight excluding hydrogens is 928 g/mol. The van der Waals surface area contributed by atoms with Crippen LogP contribution >= 0.6 is 7.82 Å². The van der Waals surface area contributed by atoms with Crippen molar-refractivity contribution >= 4 is 19.7 Å². The fourth-order valence-electron chi connectivity index (χ4n) is 7.43. The highest BCUT2D eigenvalue weighted by Crippen LogP contribution is 2.38. The van der Waals surface area contributed by atoms with Gasteiger partial charge < -0.3 is 28.5 Å². The molecule has 0 aliphatic heterocycles. The molecule has 0 radical (unpaired) electrons. The largest absolute Gasteiger partial charge is 0.756 e. The van der Waals surface area contributed by atoms with Gasteiger partial charge in [0.05, 0.1) is 33.8 Å². The summed E-state index contributed by atoms with van der Waals surface area (Å²) < 4.78 is 30.1. The van der Waals surface area contributed by atoms with E-state index < -0.39 is 32.5 Å². The molecule has 73 heavy (non-hydrogen) atoms. The fourth-order valence-corrected chi connectivity index (χ4v) is 8.16. The topological polar surface area (TPSA) is 114 Å². The standard InChI is InChI=1S/C63H107N2O7P/c1-7-10-13-16-19-22-25-27-29-31-32-34-36-38-41-44-47-50-53-56-63(67)72-61(54-51-48-45-42-39-24-21-18-15-12-9-3)60(59-71-73(68,69)70-58-57-65(4,5)6)64-62(66)55-52-49-46-43-40-37-35-33-30-28-26-23-20-17-14-11-8-2/h10,13,19-20,22-23,27-30,32,34-35,37-38,41,47,50-51,54,60-61H,7-9,11-12,14-18,21,24-26,31,33,36,39-40,42-46,48-49,52-53,55-59H2,1-6H3,(H-,64,66,68,69)/b13-10-,22-19-,23-20-,29-27-,30-28-,34-32-,37-35-,41-38-,50-47-,54-51+. The summed E-state index contributed by atoms with van der Waals surface area (Å²) in [6.45, 7) is 6.60. The Hall–Kier alpha value is -3.59. The smallest absolute Gasteiger partial charge is 0.306 e. The van der Waals surface area contributed by atoms with Crippen molar-refractivity contribution in [2.24, 2.45) is 0 Å². The number of phosphoric ester groups is 1. The van der Waals surface area contributed by atoms with Gasteiger partial charge in [-0.2, -0.15) is 0 Å². The van der Waals surface area contributed by atoms with Crippen molar-refractivity contribution in [2.45, 2.75) is 226 Å². The van der Waals surface area contributed by atoms with E-state index in [2.05, 4.69) is 123 Å². The summed E-state index contributed by atoms with van der Waals surface area (Å²) in [5, 5.41) is 2.98. The molecule has 3 atom stereocenters. The van der Waals surface area contributed by atoms with E-state index >= 15 is 0 Å². The molecule has 0 saturated heterocycles. The highest BCUT2D eigenvalue weighted by Gasteiger charge is 2.27. The molecule has 0 spiro atoms. The number of carbonyl (C=O) groups is 2. The quantitative estimate of drug-likeness (QED) is 0.0212. The lowest BCUT2D eigenvalue weighted by Crippen LogP contribution is -2.47. The van der Waals surface area contributed by atoms with Crippen molar-refractivity contribution in [3.8, 4) is 0 Å². The van der Waals surface area contributed by atoms with Crippen LogP contribution in [0.4, 0.5) is 0 Å². The number of nitrogens with one attached hydrogen (secondary N) is 1. The monoisotopic (exact) mass is 1030 g/mol. The van der Waals surface area contributed by atoms with Gasteiger partial charge in [0.2, 0.25) is 5.91 Å². The molecule has 0 aliphatic carbocycles. The number of nitrogens with zero attached hydrogens (tertiary/aromatic N) is 1. The van der Waals surface area contributed by atoms with E-state index in [1.807, 2.05) is 39.4 Å². The van der Waals surface area contributed by atoms with Crippen molar-refractivity contribution in [1.82, 2.24) is 5.32 Å². The zero-order valence-corrected chi connectivity index (χ0v) is 48.2. The van der Waals surface area contributed by atoms with E-state index in [1.54, 1.807) is 6.08 Å². The number of unbranched alkanes of at least 4 members (excludes halogenated alkanes) is 16. The molecular formula is C63H107N2O7P. The lowest BCUT2D eigenvalue weighted by atomic mass is 10.1. The number of quaternary nitrogens is 1. The second-order valence-corrected chi connectivity index (χ2v) is 21.5. The number of esters is 1. The summed E-state index contributed by atoms with van der Waals surface area (Å²) >= 11 is 0. The molecule has 416 valence electrons. The second kappa shape index (κ2) is 51.9. The number of phosphoric acid groups is 1. The van der Waals surface area contributed by atoms with Gasteiger partial charge in [-0.05, 0) is 109 Å². The summed E-state index contributed by atoms with van der Waals surface area (Å²) in [7, 11) is 1.11. The summed E-state index contributed by atoms with van der Waals surface area (Å²) in [6.07, 6.45) is 71.8. The molecule has 0 saturated carbocycles. The van der Waals surface area contributed by atoms with E-state index in [4.69, 9.17) is 13.8 Å². The second-order valence-electron chi connectivity index (χ2n) is 20.1. The van der Waals surface area contributed by atoms with E-state index in [9.17, 15) is 19.0 Å². The summed E-state index contributed by atoms with van der Waals surface area (Å²) in [4.78, 5) is 39.8. The Morgan fingerprint density at radius 1 is 0.493 bits per heavy atom. The van der Waals surface area contributed by atoms with Crippen molar-refractivity contribution in [1.29, 1.82) is 0 Å². The third-order valence-electron chi connectivity index (χ3n) is 11.9. The summed E-state index contributed by atoms with van der Waals surface area (Å²) in [5.41, 5.74) is 0. The van der Waals surface area contributed by atoms with Crippen molar-refractivity contribution in [3.05, 3.63) is 122 Å². The zero-order chi connectivity index (χ0) is 53.6. The number of amides is 1. The molecule has 3 unspecified atom stereocenters. The Bertz CT molecular complexity index is 1660. The highest BCUT2D eigenvalue weighted by molar-refractivity contribution is 7.45. The van der Waals surface area contributed by atoms with Crippen LogP contribution in [0.5, 0.6) is 0 Å². The molecule has 0 aliphatic rings. The first kappa shape index (κ1) is 69.4. The Morgan fingerprint density at radius 3 is 1.37 bits per heavy atom. The van der Waals surface area contributed by atoms with Crippen LogP contribution in [-0.2, 0) is 27.9 Å². The minimum Gasteiger partial charge on any atom is -0.756 e. The van der Waals surface area contributed by atoms with Crippen LogP contribution in [-0.4, -0.2) is 69.4 Å². The Kier molecular flexibility index (Phi) is 49.3. The zero-order valence-electron chi connectivity index (χ0n) is 47.3.